The molecule has 0 radical (unpaired) electrons. The van der Waals surface area contributed by atoms with Crippen molar-refractivity contribution in [2.24, 2.45) is 5.92 Å². The Morgan fingerprint density at radius 3 is 2.65 bits per heavy atom. The number of rotatable bonds is 5. The van der Waals surface area contributed by atoms with Gasteiger partial charge < -0.3 is 15.7 Å². The van der Waals surface area contributed by atoms with Gasteiger partial charge in [-0.15, -0.1) is 0 Å². The summed E-state index contributed by atoms with van der Waals surface area (Å²) in [6, 6.07) is -1.01. The minimum absolute atomic E-state index is 0.0555. The number of carboxylic acids is 1. The first-order valence-electron chi connectivity index (χ1n) is 6.32. The SMILES string of the molecule is CCC(C)C(NC(=O)C1CCCCN1)C(=O)O. The van der Waals surface area contributed by atoms with E-state index in [-0.39, 0.29) is 17.9 Å². The Labute approximate surface area is 102 Å². The number of hydrogen-bond acceptors (Lipinski definition) is 3. The molecule has 0 aromatic heterocycles. The first kappa shape index (κ1) is 14.0. The van der Waals surface area contributed by atoms with Crippen LogP contribution in [0.4, 0.5) is 0 Å². The van der Waals surface area contributed by atoms with Crippen LogP contribution in [0.25, 0.3) is 0 Å². The molecule has 0 spiro atoms. The van der Waals surface area contributed by atoms with Gasteiger partial charge in [0.2, 0.25) is 5.91 Å². The molecule has 1 heterocycles. The molecule has 1 amide bonds. The number of nitrogens with one attached hydrogen (secondary N) is 2. The zero-order valence-corrected chi connectivity index (χ0v) is 10.5. The van der Waals surface area contributed by atoms with Gasteiger partial charge in [0.1, 0.15) is 6.04 Å². The van der Waals surface area contributed by atoms with Crippen molar-refractivity contribution in [3.05, 3.63) is 0 Å². The largest absolute Gasteiger partial charge is 0.480 e. The van der Waals surface area contributed by atoms with Crippen LogP contribution in [-0.4, -0.2) is 35.6 Å². The molecule has 5 heteroatoms. The van der Waals surface area contributed by atoms with Crippen molar-refractivity contribution in [1.82, 2.24) is 10.6 Å². The Kier molecular flexibility index (Phi) is 5.41. The summed E-state index contributed by atoms with van der Waals surface area (Å²) < 4.78 is 0. The van der Waals surface area contributed by atoms with Gasteiger partial charge in [0, 0.05) is 0 Å². The molecule has 1 fully saturated rings. The molecule has 98 valence electrons. The summed E-state index contributed by atoms with van der Waals surface area (Å²) in [5, 5.41) is 14.8. The topological polar surface area (TPSA) is 78.4 Å². The second kappa shape index (κ2) is 6.59. The number of amides is 1. The number of hydrogen-bond donors (Lipinski definition) is 3. The molecule has 1 rings (SSSR count). The molecule has 0 saturated carbocycles. The number of carboxylic acid groups (broad SMARTS) is 1. The predicted molar refractivity (Wildman–Crippen MR) is 64.7 cm³/mol. The van der Waals surface area contributed by atoms with Crippen LogP contribution in [0.5, 0.6) is 0 Å². The van der Waals surface area contributed by atoms with E-state index >= 15 is 0 Å². The van der Waals surface area contributed by atoms with E-state index in [0.29, 0.717) is 0 Å². The van der Waals surface area contributed by atoms with Crippen molar-refractivity contribution in [3.8, 4) is 0 Å². The molecule has 0 bridgehead atoms. The first-order valence-corrected chi connectivity index (χ1v) is 6.32. The standard InChI is InChI=1S/C12H22N2O3/c1-3-8(2)10(12(16)17)14-11(15)9-6-4-5-7-13-9/h8-10,13H,3-7H2,1-2H3,(H,14,15)(H,16,17). The average Bonchev–Trinajstić information content (AvgIpc) is 2.35. The molecule has 1 aliphatic rings. The molecule has 0 aromatic rings. The van der Waals surface area contributed by atoms with E-state index < -0.39 is 12.0 Å². The van der Waals surface area contributed by atoms with Crippen LogP contribution in [-0.2, 0) is 9.59 Å². The third-order valence-electron chi connectivity index (χ3n) is 3.40. The van der Waals surface area contributed by atoms with Gasteiger partial charge in [-0.3, -0.25) is 4.79 Å². The second-order valence-corrected chi connectivity index (χ2v) is 4.71. The van der Waals surface area contributed by atoms with Crippen molar-refractivity contribution in [2.75, 3.05) is 6.54 Å². The van der Waals surface area contributed by atoms with E-state index in [0.717, 1.165) is 32.2 Å². The Morgan fingerprint density at radius 1 is 1.47 bits per heavy atom. The molecule has 3 N–H and O–H groups in total. The summed E-state index contributed by atoms with van der Waals surface area (Å²) in [6.45, 7) is 4.60. The molecular formula is C12H22N2O3. The maximum atomic E-state index is 11.9. The maximum Gasteiger partial charge on any atom is 0.326 e. The zero-order chi connectivity index (χ0) is 12.8. The van der Waals surface area contributed by atoms with E-state index in [4.69, 9.17) is 5.11 Å². The van der Waals surface area contributed by atoms with E-state index in [1.54, 1.807) is 0 Å². The second-order valence-electron chi connectivity index (χ2n) is 4.71. The predicted octanol–water partition coefficient (Wildman–Crippen LogP) is 0.744. The summed E-state index contributed by atoms with van der Waals surface area (Å²) in [6.07, 6.45) is 3.62. The number of carbonyl (C=O) groups excluding carboxylic acids is 1. The van der Waals surface area contributed by atoms with Gasteiger partial charge in [0.15, 0.2) is 0 Å². The van der Waals surface area contributed by atoms with Crippen LogP contribution >= 0.6 is 0 Å². The van der Waals surface area contributed by atoms with Crippen LogP contribution < -0.4 is 10.6 Å². The minimum Gasteiger partial charge on any atom is -0.480 e. The quantitative estimate of drug-likeness (QED) is 0.664. The van der Waals surface area contributed by atoms with Crippen molar-refractivity contribution in [1.29, 1.82) is 0 Å². The lowest BCUT2D eigenvalue weighted by atomic mass is 9.98. The molecule has 1 aliphatic heterocycles. The highest BCUT2D eigenvalue weighted by Crippen LogP contribution is 2.11. The molecular weight excluding hydrogens is 220 g/mol. The van der Waals surface area contributed by atoms with Crippen LogP contribution in [0.15, 0.2) is 0 Å². The fourth-order valence-corrected chi connectivity index (χ4v) is 2.01. The summed E-state index contributed by atoms with van der Waals surface area (Å²) in [4.78, 5) is 23.0. The molecule has 3 atom stereocenters. The summed E-state index contributed by atoms with van der Waals surface area (Å²) in [5.74, 6) is -1.19. The van der Waals surface area contributed by atoms with Gasteiger partial charge in [0.05, 0.1) is 6.04 Å². The Hall–Kier alpha value is -1.10. The summed E-state index contributed by atoms with van der Waals surface area (Å²) in [7, 11) is 0. The lowest BCUT2D eigenvalue weighted by Crippen LogP contribution is -2.53. The smallest absolute Gasteiger partial charge is 0.326 e. The fourth-order valence-electron chi connectivity index (χ4n) is 2.01. The van der Waals surface area contributed by atoms with Gasteiger partial charge in [-0.05, 0) is 25.3 Å². The number of aliphatic carboxylic acids is 1. The van der Waals surface area contributed by atoms with Crippen LogP contribution in [0.1, 0.15) is 39.5 Å². The molecule has 0 aromatic carbocycles. The van der Waals surface area contributed by atoms with E-state index in [1.165, 1.54) is 0 Å². The summed E-state index contributed by atoms with van der Waals surface area (Å²) in [5.41, 5.74) is 0. The number of piperidine rings is 1. The van der Waals surface area contributed by atoms with Crippen molar-refractivity contribution in [3.63, 3.8) is 0 Å². The Balaban J connectivity index is 2.53. The van der Waals surface area contributed by atoms with E-state index in [9.17, 15) is 9.59 Å². The van der Waals surface area contributed by atoms with Gasteiger partial charge in [-0.1, -0.05) is 26.7 Å². The third kappa shape index (κ3) is 4.00. The van der Waals surface area contributed by atoms with Crippen molar-refractivity contribution < 1.29 is 14.7 Å². The maximum absolute atomic E-state index is 11.9. The number of carbonyl (C=O) groups is 2. The first-order chi connectivity index (χ1) is 8.06. The molecule has 17 heavy (non-hydrogen) atoms. The van der Waals surface area contributed by atoms with Crippen LogP contribution in [0.3, 0.4) is 0 Å². The Bertz CT molecular complexity index is 275. The average molecular weight is 242 g/mol. The highest BCUT2D eigenvalue weighted by molar-refractivity contribution is 5.87. The molecule has 3 unspecified atom stereocenters. The van der Waals surface area contributed by atoms with Crippen LogP contribution in [0, 0.1) is 5.92 Å². The molecule has 5 nitrogen and oxygen atoms in total. The lowest BCUT2D eigenvalue weighted by Gasteiger charge is -2.26. The monoisotopic (exact) mass is 242 g/mol. The zero-order valence-electron chi connectivity index (χ0n) is 10.5. The van der Waals surface area contributed by atoms with E-state index in [1.807, 2.05) is 13.8 Å². The highest BCUT2D eigenvalue weighted by atomic mass is 16.4. The van der Waals surface area contributed by atoms with Gasteiger partial charge >= 0.3 is 5.97 Å². The van der Waals surface area contributed by atoms with Crippen LogP contribution in [0.2, 0.25) is 0 Å². The summed E-state index contributed by atoms with van der Waals surface area (Å²) >= 11 is 0. The Morgan fingerprint density at radius 2 is 2.18 bits per heavy atom. The molecule has 1 saturated heterocycles. The third-order valence-corrected chi connectivity index (χ3v) is 3.40. The highest BCUT2D eigenvalue weighted by Gasteiger charge is 2.29. The van der Waals surface area contributed by atoms with E-state index in [2.05, 4.69) is 10.6 Å². The van der Waals surface area contributed by atoms with Gasteiger partial charge in [-0.2, -0.15) is 0 Å². The lowest BCUT2D eigenvalue weighted by molar-refractivity contribution is -0.143. The van der Waals surface area contributed by atoms with Crippen molar-refractivity contribution >= 4 is 11.9 Å². The van der Waals surface area contributed by atoms with Gasteiger partial charge in [0.25, 0.3) is 0 Å². The molecule has 0 aliphatic carbocycles. The van der Waals surface area contributed by atoms with Gasteiger partial charge in [-0.25, -0.2) is 4.79 Å². The minimum atomic E-state index is -0.955. The fraction of sp³-hybridized carbons (Fsp3) is 0.833. The normalized spacial score (nSPS) is 23.8. The van der Waals surface area contributed by atoms with Crippen molar-refractivity contribution in [2.45, 2.75) is 51.6 Å².